The molecule has 4 rings (SSSR count). The summed E-state index contributed by atoms with van der Waals surface area (Å²) in [5.74, 6) is -9.61. The van der Waals surface area contributed by atoms with Crippen molar-refractivity contribution in [2.75, 3.05) is 19.7 Å². The number of carbonyl (C=O) groups excluding carboxylic acids is 2. The predicted octanol–water partition coefficient (Wildman–Crippen LogP) is 3.88. The highest BCUT2D eigenvalue weighted by atomic mass is 19.3. The Morgan fingerprint density at radius 3 is 2.09 bits per heavy atom. The van der Waals surface area contributed by atoms with E-state index in [-0.39, 0.29) is 25.0 Å². The van der Waals surface area contributed by atoms with E-state index in [1.807, 2.05) is 48.5 Å². The van der Waals surface area contributed by atoms with E-state index in [0.717, 1.165) is 22.3 Å². The minimum atomic E-state index is -3.33. The zero-order valence-electron chi connectivity index (χ0n) is 19.5. The third-order valence-corrected chi connectivity index (χ3v) is 6.92. The minimum absolute atomic E-state index is 0.0381. The summed E-state index contributed by atoms with van der Waals surface area (Å²) in [6.45, 7) is 3.21. The lowest BCUT2D eigenvalue weighted by molar-refractivity contribution is -0.141. The van der Waals surface area contributed by atoms with Crippen LogP contribution >= 0.6 is 0 Å². The van der Waals surface area contributed by atoms with Crippen LogP contribution in [0.25, 0.3) is 11.1 Å². The third kappa shape index (κ3) is 4.85. The first-order chi connectivity index (χ1) is 16.6. The molecule has 1 fully saturated rings. The summed E-state index contributed by atoms with van der Waals surface area (Å²) in [6.07, 6.45) is -0.676. The number of fused-ring (bicyclic) bond motifs is 3. The van der Waals surface area contributed by atoms with Crippen LogP contribution in [0.4, 0.5) is 13.6 Å². The molecule has 0 spiro atoms. The molecule has 2 amide bonds. The summed E-state index contributed by atoms with van der Waals surface area (Å²) in [5, 5.41) is 13.9. The van der Waals surface area contributed by atoms with Crippen LogP contribution in [-0.4, -0.2) is 48.7 Å². The highest BCUT2D eigenvalue weighted by Crippen LogP contribution is 2.54. The number of aliphatic carboxylic acids is 1. The molecule has 7 nitrogen and oxygen atoms in total. The van der Waals surface area contributed by atoms with Gasteiger partial charge in [0.25, 0.3) is 5.92 Å². The Hall–Kier alpha value is -3.49. The Balaban J connectivity index is 1.29. The second kappa shape index (κ2) is 9.64. The van der Waals surface area contributed by atoms with E-state index in [1.54, 1.807) is 13.8 Å². The smallest absolute Gasteiger partial charge is 0.407 e. The lowest BCUT2D eigenvalue weighted by atomic mass is 9.95. The van der Waals surface area contributed by atoms with Crippen LogP contribution in [0.2, 0.25) is 0 Å². The fraction of sp³-hybridized carbons (Fsp3) is 0.423. The first-order valence-corrected chi connectivity index (χ1v) is 11.6. The van der Waals surface area contributed by atoms with E-state index in [0.29, 0.717) is 0 Å². The number of hydrogen-bond donors (Lipinski definition) is 3. The van der Waals surface area contributed by atoms with Crippen LogP contribution in [-0.2, 0) is 14.3 Å². The number of alkyl carbamates (subject to hydrolysis) is 1. The number of hydrogen-bond acceptors (Lipinski definition) is 4. The second-order valence-corrected chi connectivity index (χ2v) is 9.40. The van der Waals surface area contributed by atoms with Gasteiger partial charge in [-0.05, 0) is 28.2 Å². The van der Waals surface area contributed by atoms with Crippen molar-refractivity contribution in [3.8, 4) is 11.1 Å². The molecular formula is C26H28F2N2O5. The zero-order valence-corrected chi connectivity index (χ0v) is 19.5. The Morgan fingerprint density at radius 1 is 1.00 bits per heavy atom. The van der Waals surface area contributed by atoms with Gasteiger partial charge in [0.2, 0.25) is 5.91 Å². The molecule has 186 valence electrons. The van der Waals surface area contributed by atoms with E-state index in [2.05, 4.69) is 10.6 Å². The van der Waals surface area contributed by atoms with E-state index in [1.165, 1.54) is 0 Å². The highest BCUT2D eigenvalue weighted by Gasteiger charge is 2.72. The summed E-state index contributed by atoms with van der Waals surface area (Å²) in [6, 6.07) is 15.9. The average molecular weight is 487 g/mol. The lowest BCUT2D eigenvalue weighted by Crippen LogP contribution is -2.42. The lowest BCUT2D eigenvalue weighted by Gasteiger charge is -2.21. The zero-order chi connectivity index (χ0) is 25.3. The molecule has 3 N–H and O–H groups in total. The third-order valence-electron chi connectivity index (χ3n) is 6.92. The van der Waals surface area contributed by atoms with Gasteiger partial charge < -0.3 is 20.5 Å². The molecule has 2 aliphatic rings. The molecular weight excluding hydrogens is 458 g/mol. The van der Waals surface area contributed by atoms with Gasteiger partial charge >= 0.3 is 12.1 Å². The largest absolute Gasteiger partial charge is 0.481 e. The molecule has 0 radical (unpaired) electrons. The van der Waals surface area contributed by atoms with Crippen molar-refractivity contribution in [1.29, 1.82) is 0 Å². The van der Waals surface area contributed by atoms with Crippen molar-refractivity contribution in [1.82, 2.24) is 10.6 Å². The predicted molar refractivity (Wildman–Crippen MR) is 124 cm³/mol. The van der Waals surface area contributed by atoms with Crippen LogP contribution in [0.5, 0.6) is 0 Å². The van der Waals surface area contributed by atoms with Gasteiger partial charge in [0.15, 0.2) is 0 Å². The number of nitrogens with one attached hydrogen (secondary N) is 2. The van der Waals surface area contributed by atoms with Gasteiger partial charge in [-0.25, -0.2) is 13.6 Å². The van der Waals surface area contributed by atoms with E-state index in [9.17, 15) is 23.2 Å². The molecule has 1 unspecified atom stereocenters. The number of benzene rings is 2. The van der Waals surface area contributed by atoms with Crippen LogP contribution in [0.15, 0.2) is 48.5 Å². The maximum Gasteiger partial charge on any atom is 0.407 e. The summed E-state index contributed by atoms with van der Waals surface area (Å²) in [5.41, 5.74) is 4.38. The Bertz CT molecular complexity index is 1090. The highest BCUT2D eigenvalue weighted by molar-refractivity contribution is 5.81. The minimum Gasteiger partial charge on any atom is -0.481 e. The molecule has 0 aliphatic heterocycles. The molecule has 2 aromatic carbocycles. The number of amides is 2. The molecule has 9 heteroatoms. The summed E-state index contributed by atoms with van der Waals surface area (Å²) in [7, 11) is 0. The van der Waals surface area contributed by atoms with Crippen LogP contribution in [0.3, 0.4) is 0 Å². The second-order valence-electron chi connectivity index (χ2n) is 9.40. The van der Waals surface area contributed by atoms with Gasteiger partial charge in [0.1, 0.15) is 12.5 Å². The van der Waals surface area contributed by atoms with E-state index in [4.69, 9.17) is 9.84 Å². The number of carboxylic acids is 1. The molecule has 35 heavy (non-hydrogen) atoms. The normalized spacial score (nSPS) is 20.5. The van der Waals surface area contributed by atoms with Crippen molar-refractivity contribution < 1.29 is 33.0 Å². The van der Waals surface area contributed by atoms with Gasteiger partial charge in [-0.2, -0.15) is 0 Å². The Kier molecular flexibility index (Phi) is 6.78. The number of ether oxygens (including phenoxy) is 1. The SMILES string of the molecule is CC(C)C(CNC(=O)OCC1c2ccccc2-c2ccccc21)C(=O)NC[C@@H]1[C@H](C(=O)O)C1(F)F. The van der Waals surface area contributed by atoms with Crippen molar-refractivity contribution in [3.63, 3.8) is 0 Å². The molecule has 2 aliphatic carbocycles. The first kappa shape index (κ1) is 24.6. The van der Waals surface area contributed by atoms with E-state index < -0.39 is 48.2 Å². The Morgan fingerprint density at radius 2 is 1.57 bits per heavy atom. The van der Waals surface area contributed by atoms with Gasteiger partial charge in [-0.15, -0.1) is 0 Å². The fourth-order valence-corrected chi connectivity index (χ4v) is 4.80. The van der Waals surface area contributed by atoms with Gasteiger partial charge in [-0.1, -0.05) is 62.4 Å². The summed E-state index contributed by atoms with van der Waals surface area (Å²) in [4.78, 5) is 35.9. The number of rotatable bonds is 9. The standard InChI is InChI=1S/C26H28F2N2O5/c1-14(2)19(23(31)29-12-21-22(24(32)33)26(21,27)28)11-30-25(34)35-13-20-17-9-5-3-7-15(17)16-8-4-6-10-18(16)20/h3-10,14,19-22H,11-13H2,1-2H3,(H,29,31)(H,30,34)(H,32,33)/t19?,21-,22-/m1/s1. The number of alkyl halides is 2. The fourth-order valence-electron chi connectivity index (χ4n) is 4.80. The summed E-state index contributed by atoms with van der Waals surface area (Å²) < 4.78 is 32.6. The first-order valence-electron chi connectivity index (χ1n) is 11.6. The van der Waals surface area contributed by atoms with Crippen molar-refractivity contribution in [2.24, 2.45) is 23.7 Å². The van der Waals surface area contributed by atoms with Crippen LogP contribution in [0, 0.1) is 23.7 Å². The van der Waals surface area contributed by atoms with Gasteiger partial charge in [0.05, 0.1) is 11.8 Å². The van der Waals surface area contributed by atoms with Crippen molar-refractivity contribution in [2.45, 2.75) is 25.7 Å². The molecule has 0 saturated heterocycles. The molecule has 1 saturated carbocycles. The van der Waals surface area contributed by atoms with Crippen molar-refractivity contribution in [3.05, 3.63) is 59.7 Å². The monoisotopic (exact) mass is 486 g/mol. The van der Waals surface area contributed by atoms with Crippen LogP contribution in [0.1, 0.15) is 30.9 Å². The average Bonchev–Trinajstić information content (AvgIpc) is 3.23. The molecule has 0 heterocycles. The van der Waals surface area contributed by atoms with E-state index >= 15 is 0 Å². The van der Waals surface area contributed by atoms with Crippen LogP contribution < -0.4 is 10.6 Å². The van der Waals surface area contributed by atoms with Crippen molar-refractivity contribution >= 4 is 18.0 Å². The maximum atomic E-state index is 13.6. The molecule has 0 aromatic heterocycles. The molecule has 0 bridgehead atoms. The number of carboxylic acid groups (broad SMARTS) is 1. The van der Waals surface area contributed by atoms with Gasteiger partial charge in [0, 0.05) is 19.0 Å². The number of carbonyl (C=O) groups is 3. The quantitative estimate of drug-likeness (QED) is 0.499. The Labute approximate surface area is 201 Å². The van der Waals surface area contributed by atoms with Gasteiger partial charge in [-0.3, -0.25) is 9.59 Å². The topological polar surface area (TPSA) is 105 Å². The molecule has 2 aromatic rings. The number of halogens is 2. The summed E-state index contributed by atoms with van der Waals surface area (Å²) >= 11 is 0. The maximum absolute atomic E-state index is 13.6. The molecule has 3 atom stereocenters.